The van der Waals surface area contributed by atoms with Crippen LogP contribution in [0.15, 0.2) is 0 Å². The average molecular weight is 257 g/mol. The number of hydrogen-bond acceptors (Lipinski definition) is 3. The molecular formula is C15H31NO2. The van der Waals surface area contributed by atoms with Gasteiger partial charge in [-0.15, -0.1) is 0 Å². The first-order chi connectivity index (χ1) is 8.54. The molecule has 1 N–H and O–H groups in total. The van der Waals surface area contributed by atoms with Crippen LogP contribution in [0, 0.1) is 5.92 Å². The second kappa shape index (κ2) is 11.7. The summed E-state index contributed by atoms with van der Waals surface area (Å²) in [6.07, 6.45) is 5.08. The van der Waals surface area contributed by atoms with E-state index in [1.165, 1.54) is 12.8 Å². The smallest absolute Gasteiger partial charge is 0.135 e. The molecule has 0 rings (SSSR count). The standard InChI is InChI=1S/C15H31NO2/c1-13(2)15(17)9-8-12-18-11-7-5-6-10-16-14(3)4/h13-14,16H,5-12H2,1-4H3. The molecule has 0 radical (unpaired) electrons. The quantitative estimate of drug-likeness (QED) is 0.546. The normalized spacial score (nSPS) is 11.4. The number of nitrogens with one attached hydrogen (secondary N) is 1. The highest BCUT2D eigenvalue weighted by atomic mass is 16.5. The van der Waals surface area contributed by atoms with Crippen molar-refractivity contribution in [2.24, 2.45) is 5.92 Å². The van der Waals surface area contributed by atoms with Crippen molar-refractivity contribution in [2.45, 2.75) is 65.8 Å². The first-order valence-corrected chi connectivity index (χ1v) is 7.38. The minimum atomic E-state index is 0.165. The fraction of sp³-hybridized carbons (Fsp3) is 0.933. The number of rotatable bonds is 12. The maximum Gasteiger partial charge on any atom is 0.135 e. The maximum absolute atomic E-state index is 11.3. The fourth-order valence-corrected chi connectivity index (χ4v) is 1.64. The van der Waals surface area contributed by atoms with Crippen LogP contribution in [0.4, 0.5) is 0 Å². The Morgan fingerprint density at radius 1 is 1.00 bits per heavy atom. The van der Waals surface area contributed by atoms with Gasteiger partial charge in [0.25, 0.3) is 0 Å². The van der Waals surface area contributed by atoms with E-state index < -0.39 is 0 Å². The molecule has 0 aromatic rings. The molecule has 3 nitrogen and oxygen atoms in total. The van der Waals surface area contributed by atoms with Gasteiger partial charge in [0.2, 0.25) is 0 Å². The van der Waals surface area contributed by atoms with Gasteiger partial charge in [0.15, 0.2) is 0 Å². The number of ketones is 1. The Labute approximate surface area is 113 Å². The van der Waals surface area contributed by atoms with Crippen molar-refractivity contribution >= 4 is 5.78 Å². The summed E-state index contributed by atoms with van der Waals surface area (Å²) >= 11 is 0. The molecule has 0 atom stereocenters. The summed E-state index contributed by atoms with van der Waals surface area (Å²) in [6, 6.07) is 0.583. The third kappa shape index (κ3) is 12.1. The van der Waals surface area contributed by atoms with Crippen molar-refractivity contribution < 1.29 is 9.53 Å². The van der Waals surface area contributed by atoms with E-state index in [0.717, 1.165) is 32.6 Å². The summed E-state index contributed by atoms with van der Waals surface area (Å²) in [5.74, 6) is 0.511. The zero-order chi connectivity index (χ0) is 13.8. The van der Waals surface area contributed by atoms with Crippen LogP contribution < -0.4 is 5.32 Å². The largest absolute Gasteiger partial charge is 0.381 e. The summed E-state index contributed by atoms with van der Waals surface area (Å²) < 4.78 is 5.52. The predicted molar refractivity (Wildman–Crippen MR) is 76.9 cm³/mol. The van der Waals surface area contributed by atoms with Crippen LogP contribution in [0.3, 0.4) is 0 Å². The Kier molecular flexibility index (Phi) is 11.4. The Balaban J connectivity index is 3.10. The lowest BCUT2D eigenvalue weighted by Gasteiger charge is -2.08. The van der Waals surface area contributed by atoms with E-state index in [0.29, 0.717) is 18.2 Å². The average Bonchev–Trinajstić information content (AvgIpc) is 2.30. The van der Waals surface area contributed by atoms with E-state index >= 15 is 0 Å². The van der Waals surface area contributed by atoms with Crippen LogP contribution in [0.25, 0.3) is 0 Å². The second-order valence-electron chi connectivity index (χ2n) is 5.51. The van der Waals surface area contributed by atoms with Crippen LogP contribution in [-0.4, -0.2) is 31.6 Å². The van der Waals surface area contributed by atoms with Gasteiger partial charge in [0.1, 0.15) is 5.78 Å². The summed E-state index contributed by atoms with van der Waals surface area (Å²) in [7, 11) is 0. The molecule has 0 saturated carbocycles. The van der Waals surface area contributed by atoms with Crippen LogP contribution in [-0.2, 0) is 9.53 Å². The van der Waals surface area contributed by atoms with E-state index in [1.807, 2.05) is 13.8 Å². The van der Waals surface area contributed by atoms with Crippen molar-refractivity contribution in [3.8, 4) is 0 Å². The second-order valence-corrected chi connectivity index (χ2v) is 5.51. The van der Waals surface area contributed by atoms with Gasteiger partial charge in [0.05, 0.1) is 0 Å². The first-order valence-electron chi connectivity index (χ1n) is 7.38. The molecule has 0 aromatic heterocycles. The number of carbonyl (C=O) groups excluding carboxylic acids is 1. The number of unbranched alkanes of at least 4 members (excludes halogenated alkanes) is 2. The van der Waals surface area contributed by atoms with Gasteiger partial charge in [0, 0.05) is 31.6 Å². The summed E-state index contributed by atoms with van der Waals surface area (Å²) in [4.78, 5) is 11.3. The van der Waals surface area contributed by atoms with Gasteiger partial charge in [-0.3, -0.25) is 4.79 Å². The third-order valence-corrected chi connectivity index (χ3v) is 2.87. The lowest BCUT2D eigenvalue weighted by Crippen LogP contribution is -2.23. The molecule has 0 bridgehead atoms. The number of hydrogen-bond donors (Lipinski definition) is 1. The molecule has 0 saturated heterocycles. The maximum atomic E-state index is 11.3. The highest BCUT2D eigenvalue weighted by Gasteiger charge is 2.05. The van der Waals surface area contributed by atoms with Crippen molar-refractivity contribution in [1.82, 2.24) is 5.32 Å². The monoisotopic (exact) mass is 257 g/mol. The van der Waals surface area contributed by atoms with E-state index in [2.05, 4.69) is 19.2 Å². The highest BCUT2D eigenvalue weighted by Crippen LogP contribution is 2.02. The summed E-state index contributed by atoms with van der Waals surface area (Å²) in [5.41, 5.74) is 0. The van der Waals surface area contributed by atoms with Gasteiger partial charge < -0.3 is 10.1 Å². The minimum absolute atomic E-state index is 0.165. The topological polar surface area (TPSA) is 38.3 Å². The molecule has 0 aliphatic heterocycles. The van der Waals surface area contributed by atoms with E-state index in [9.17, 15) is 4.79 Å². The Morgan fingerprint density at radius 2 is 1.67 bits per heavy atom. The molecule has 0 amide bonds. The zero-order valence-corrected chi connectivity index (χ0v) is 12.6. The van der Waals surface area contributed by atoms with Crippen LogP contribution >= 0.6 is 0 Å². The molecule has 0 aliphatic carbocycles. The van der Waals surface area contributed by atoms with Gasteiger partial charge in [-0.1, -0.05) is 27.7 Å². The lowest BCUT2D eigenvalue weighted by atomic mass is 10.1. The molecule has 0 aliphatic rings. The van der Waals surface area contributed by atoms with Crippen molar-refractivity contribution in [3.63, 3.8) is 0 Å². The van der Waals surface area contributed by atoms with Crippen molar-refractivity contribution in [3.05, 3.63) is 0 Å². The van der Waals surface area contributed by atoms with Crippen molar-refractivity contribution in [2.75, 3.05) is 19.8 Å². The lowest BCUT2D eigenvalue weighted by molar-refractivity contribution is -0.122. The van der Waals surface area contributed by atoms with E-state index in [-0.39, 0.29) is 5.92 Å². The summed E-state index contributed by atoms with van der Waals surface area (Å²) in [5, 5.41) is 3.40. The molecular weight excluding hydrogens is 226 g/mol. The molecule has 0 spiro atoms. The van der Waals surface area contributed by atoms with Gasteiger partial charge >= 0.3 is 0 Å². The fourth-order valence-electron chi connectivity index (χ4n) is 1.64. The summed E-state index contributed by atoms with van der Waals surface area (Å²) in [6.45, 7) is 10.9. The molecule has 0 unspecified atom stereocenters. The van der Waals surface area contributed by atoms with Crippen LogP contribution in [0.1, 0.15) is 59.8 Å². The van der Waals surface area contributed by atoms with Gasteiger partial charge in [-0.25, -0.2) is 0 Å². The number of Topliss-reactive ketones (excluding diaryl/α,β-unsaturated/α-hetero) is 1. The Bertz CT molecular complexity index is 203. The molecule has 18 heavy (non-hydrogen) atoms. The molecule has 0 heterocycles. The van der Waals surface area contributed by atoms with Gasteiger partial charge in [-0.2, -0.15) is 0 Å². The highest BCUT2D eigenvalue weighted by molar-refractivity contribution is 5.80. The molecule has 3 heteroatoms. The Morgan fingerprint density at radius 3 is 2.28 bits per heavy atom. The number of ether oxygens (including phenoxy) is 1. The molecule has 0 fully saturated rings. The third-order valence-electron chi connectivity index (χ3n) is 2.87. The SMILES string of the molecule is CC(C)NCCCCCOCCCC(=O)C(C)C. The van der Waals surface area contributed by atoms with E-state index in [1.54, 1.807) is 0 Å². The van der Waals surface area contributed by atoms with E-state index in [4.69, 9.17) is 4.74 Å². The van der Waals surface area contributed by atoms with Crippen molar-refractivity contribution in [1.29, 1.82) is 0 Å². The number of carbonyl (C=O) groups is 1. The van der Waals surface area contributed by atoms with Crippen LogP contribution in [0.2, 0.25) is 0 Å². The predicted octanol–water partition coefficient (Wildman–Crippen LogP) is 3.18. The molecule has 108 valence electrons. The molecule has 0 aromatic carbocycles. The zero-order valence-electron chi connectivity index (χ0n) is 12.6. The van der Waals surface area contributed by atoms with Gasteiger partial charge in [-0.05, 0) is 32.2 Å². The minimum Gasteiger partial charge on any atom is -0.381 e. The van der Waals surface area contributed by atoms with Crippen LogP contribution in [0.5, 0.6) is 0 Å². The Hall–Kier alpha value is -0.410. The first kappa shape index (κ1) is 17.6.